The van der Waals surface area contributed by atoms with Crippen LogP contribution in [0.15, 0.2) is 241 Å². The lowest BCUT2D eigenvalue weighted by atomic mass is 9.85. The molecular weight excluding hydrogens is 751 g/mol. The Kier molecular flexibility index (Phi) is 8.53. The van der Waals surface area contributed by atoms with Crippen LogP contribution < -0.4 is 4.90 Å². The van der Waals surface area contributed by atoms with Gasteiger partial charge < -0.3 is 9.32 Å². The molecule has 62 heavy (non-hydrogen) atoms. The lowest BCUT2D eigenvalue weighted by Crippen LogP contribution is -2.09. The van der Waals surface area contributed by atoms with Gasteiger partial charge >= 0.3 is 0 Å². The molecule has 0 aliphatic heterocycles. The highest BCUT2D eigenvalue weighted by atomic mass is 16.3. The molecule has 2 heteroatoms. The number of hydrogen-bond donors (Lipinski definition) is 0. The standard InChI is InChI=1S/C60H39NO/c1-3-15-42(16-4-1)50-24-13-25-55-56-39-46(31-37-57(56)62-60(50)55)41-26-32-47(33-27-41)61(49-36-28-40-14-7-8-19-45(40)38-49)48-34-29-44(30-35-48)59-54-23-12-10-21-52(54)51-20-9-11-22-53(51)58(59)43-17-5-2-6-18-43/h1-39H. The summed E-state index contributed by atoms with van der Waals surface area (Å²) in [4.78, 5) is 2.37. The summed E-state index contributed by atoms with van der Waals surface area (Å²) in [5.74, 6) is 0. The number of para-hydroxylation sites is 1. The van der Waals surface area contributed by atoms with Gasteiger partial charge in [-0.05, 0) is 120 Å². The first kappa shape index (κ1) is 35.7. The predicted octanol–water partition coefficient (Wildman–Crippen LogP) is 17.2. The van der Waals surface area contributed by atoms with Gasteiger partial charge in [-0.15, -0.1) is 0 Å². The lowest BCUT2D eigenvalue weighted by Gasteiger charge is -2.26. The van der Waals surface area contributed by atoms with E-state index >= 15 is 0 Å². The topological polar surface area (TPSA) is 16.4 Å². The van der Waals surface area contributed by atoms with Crippen molar-refractivity contribution in [2.45, 2.75) is 0 Å². The highest BCUT2D eigenvalue weighted by Gasteiger charge is 2.20. The molecule has 2 nitrogen and oxygen atoms in total. The number of furan rings is 1. The van der Waals surface area contributed by atoms with E-state index in [2.05, 4.69) is 235 Å². The Morgan fingerprint density at radius 3 is 1.44 bits per heavy atom. The number of hydrogen-bond acceptors (Lipinski definition) is 2. The van der Waals surface area contributed by atoms with Crippen LogP contribution in [-0.2, 0) is 0 Å². The van der Waals surface area contributed by atoms with Gasteiger partial charge in [0.25, 0.3) is 0 Å². The summed E-state index contributed by atoms with van der Waals surface area (Å²) in [6.07, 6.45) is 0. The summed E-state index contributed by atoms with van der Waals surface area (Å²) in [6.45, 7) is 0. The fourth-order valence-electron chi connectivity index (χ4n) is 9.51. The molecule has 0 amide bonds. The summed E-state index contributed by atoms with van der Waals surface area (Å²) in [5.41, 5.74) is 14.5. The van der Waals surface area contributed by atoms with E-state index in [1.807, 2.05) is 6.07 Å². The number of fused-ring (bicyclic) bond motifs is 7. The maximum atomic E-state index is 6.51. The molecule has 11 aromatic carbocycles. The molecule has 0 aliphatic rings. The van der Waals surface area contributed by atoms with Crippen molar-refractivity contribution in [2.75, 3.05) is 4.90 Å². The number of anilines is 3. The molecular formula is C60H39NO. The molecule has 0 atom stereocenters. The van der Waals surface area contributed by atoms with E-state index < -0.39 is 0 Å². The first-order chi connectivity index (χ1) is 30.7. The summed E-state index contributed by atoms with van der Waals surface area (Å²) in [7, 11) is 0. The van der Waals surface area contributed by atoms with Crippen LogP contribution in [0, 0.1) is 0 Å². The van der Waals surface area contributed by atoms with Gasteiger partial charge in [-0.2, -0.15) is 0 Å². The number of rotatable bonds is 7. The van der Waals surface area contributed by atoms with Crippen molar-refractivity contribution >= 4 is 71.3 Å². The molecule has 1 aromatic heterocycles. The monoisotopic (exact) mass is 789 g/mol. The highest BCUT2D eigenvalue weighted by molar-refractivity contribution is 6.21. The van der Waals surface area contributed by atoms with Crippen LogP contribution in [0.2, 0.25) is 0 Å². The van der Waals surface area contributed by atoms with Crippen molar-refractivity contribution < 1.29 is 4.42 Å². The van der Waals surface area contributed by atoms with E-state index in [1.54, 1.807) is 0 Å². The zero-order valence-electron chi connectivity index (χ0n) is 33.9. The van der Waals surface area contributed by atoms with Crippen LogP contribution in [0.3, 0.4) is 0 Å². The molecule has 0 aliphatic carbocycles. The minimum atomic E-state index is 0.891. The second-order valence-corrected chi connectivity index (χ2v) is 16.0. The Balaban J connectivity index is 0.969. The molecule has 12 aromatic rings. The Hall–Kier alpha value is -8.20. The van der Waals surface area contributed by atoms with Crippen LogP contribution in [0.25, 0.3) is 98.8 Å². The van der Waals surface area contributed by atoms with E-state index in [1.165, 1.54) is 54.6 Å². The smallest absolute Gasteiger partial charge is 0.143 e. The Morgan fingerprint density at radius 2 is 0.774 bits per heavy atom. The van der Waals surface area contributed by atoms with Gasteiger partial charge in [-0.3, -0.25) is 0 Å². The quantitative estimate of drug-likeness (QED) is 0.150. The summed E-state index contributed by atoms with van der Waals surface area (Å²) in [6, 6.07) is 85.4. The maximum absolute atomic E-state index is 6.51. The fourth-order valence-corrected chi connectivity index (χ4v) is 9.51. The normalized spacial score (nSPS) is 11.5. The molecule has 1 heterocycles. The Bertz CT molecular complexity index is 3610. The first-order valence-electron chi connectivity index (χ1n) is 21.2. The van der Waals surface area contributed by atoms with Crippen molar-refractivity contribution in [3.8, 4) is 44.5 Å². The van der Waals surface area contributed by atoms with Gasteiger partial charge in [-0.1, -0.05) is 188 Å². The lowest BCUT2D eigenvalue weighted by molar-refractivity contribution is 0.670. The zero-order chi connectivity index (χ0) is 41.0. The molecule has 0 saturated heterocycles. The summed E-state index contributed by atoms with van der Waals surface area (Å²) in [5, 5.41) is 9.70. The van der Waals surface area contributed by atoms with E-state index in [0.717, 1.165) is 61.3 Å². The first-order valence-corrected chi connectivity index (χ1v) is 21.2. The van der Waals surface area contributed by atoms with Crippen LogP contribution in [0.4, 0.5) is 17.1 Å². The predicted molar refractivity (Wildman–Crippen MR) is 263 cm³/mol. The SMILES string of the molecule is c1ccc(-c2c(-c3ccc(N(c4ccc(-c5ccc6oc7c(-c8ccccc8)cccc7c6c5)cc4)c4ccc5ccccc5c4)cc3)c3ccccc3c3ccccc23)cc1. The second-order valence-electron chi connectivity index (χ2n) is 16.0. The molecule has 290 valence electrons. The van der Waals surface area contributed by atoms with Gasteiger partial charge in [0.1, 0.15) is 11.2 Å². The van der Waals surface area contributed by atoms with Crippen LogP contribution >= 0.6 is 0 Å². The third kappa shape index (κ3) is 6.04. The molecule has 0 N–H and O–H groups in total. The average Bonchev–Trinajstić information content (AvgIpc) is 3.73. The Labute approximate surface area is 360 Å². The molecule has 0 bridgehead atoms. The van der Waals surface area contributed by atoms with Gasteiger partial charge in [0.2, 0.25) is 0 Å². The molecule has 0 unspecified atom stereocenters. The minimum absolute atomic E-state index is 0.891. The number of benzene rings is 11. The van der Waals surface area contributed by atoms with Gasteiger partial charge in [0.05, 0.1) is 0 Å². The number of nitrogens with zero attached hydrogens (tertiary/aromatic N) is 1. The van der Waals surface area contributed by atoms with E-state index in [4.69, 9.17) is 4.42 Å². The Morgan fingerprint density at radius 1 is 0.274 bits per heavy atom. The van der Waals surface area contributed by atoms with E-state index in [-0.39, 0.29) is 0 Å². The van der Waals surface area contributed by atoms with Gasteiger partial charge in [0.15, 0.2) is 0 Å². The van der Waals surface area contributed by atoms with Crippen LogP contribution in [0.5, 0.6) is 0 Å². The van der Waals surface area contributed by atoms with Crippen molar-refractivity contribution in [1.82, 2.24) is 0 Å². The van der Waals surface area contributed by atoms with Crippen molar-refractivity contribution in [3.63, 3.8) is 0 Å². The van der Waals surface area contributed by atoms with Crippen molar-refractivity contribution in [1.29, 1.82) is 0 Å². The second kappa shape index (κ2) is 14.8. The van der Waals surface area contributed by atoms with Crippen molar-refractivity contribution in [2.24, 2.45) is 0 Å². The summed E-state index contributed by atoms with van der Waals surface area (Å²) >= 11 is 0. The maximum Gasteiger partial charge on any atom is 0.143 e. The molecule has 0 saturated carbocycles. The molecule has 0 spiro atoms. The fraction of sp³-hybridized carbons (Fsp3) is 0. The molecule has 0 radical (unpaired) electrons. The third-order valence-corrected chi connectivity index (χ3v) is 12.4. The highest BCUT2D eigenvalue weighted by Crippen LogP contribution is 2.46. The average molecular weight is 790 g/mol. The third-order valence-electron chi connectivity index (χ3n) is 12.4. The van der Waals surface area contributed by atoms with E-state index in [9.17, 15) is 0 Å². The van der Waals surface area contributed by atoms with Crippen molar-refractivity contribution in [3.05, 3.63) is 237 Å². The van der Waals surface area contributed by atoms with Crippen LogP contribution in [0.1, 0.15) is 0 Å². The molecule has 12 rings (SSSR count). The van der Waals surface area contributed by atoms with Gasteiger partial charge in [0, 0.05) is 33.4 Å². The minimum Gasteiger partial charge on any atom is -0.455 e. The zero-order valence-corrected chi connectivity index (χ0v) is 33.9. The van der Waals surface area contributed by atoms with Crippen LogP contribution in [-0.4, -0.2) is 0 Å². The molecule has 0 fully saturated rings. The van der Waals surface area contributed by atoms with E-state index in [0.29, 0.717) is 0 Å². The van der Waals surface area contributed by atoms with Gasteiger partial charge in [-0.25, -0.2) is 0 Å². The summed E-state index contributed by atoms with van der Waals surface area (Å²) < 4.78 is 6.51. The largest absolute Gasteiger partial charge is 0.455 e.